The van der Waals surface area contributed by atoms with Gasteiger partial charge in [-0.15, -0.1) is 0 Å². The molecule has 3 aliphatic rings. The number of alkyl halides is 1. The summed E-state index contributed by atoms with van der Waals surface area (Å²) in [5.41, 5.74) is 7.52. The van der Waals surface area contributed by atoms with E-state index in [0.717, 1.165) is 42.6 Å². The van der Waals surface area contributed by atoms with Crippen LogP contribution in [-0.2, 0) is 0 Å². The van der Waals surface area contributed by atoms with Crippen LogP contribution < -0.4 is 5.32 Å². The van der Waals surface area contributed by atoms with E-state index in [0.29, 0.717) is 24.9 Å². The molecule has 3 heteroatoms. The summed E-state index contributed by atoms with van der Waals surface area (Å²) in [6, 6.07) is 8.69. The number of benzene rings is 1. The summed E-state index contributed by atoms with van der Waals surface area (Å²) in [5.74, 6) is 0.471. The SMILES string of the molecule is C=C1CC=CC2=C1CC1C=CC(c3ccc(NCCCF)cc3)=NC1CCC2. The van der Waals surface area contributed by atoms with Crippen LogP contribution in [0.15, 0.2) is 76.9 Å². The number of halogens is 1. The molecule has 0 fully saturated rings. The van der Waals surface area contributed by atoms with E-state index in [9.17, 15) is 4.39 Å². The fourth-order valence-corrected chi connectivity index (χ4v) is 4.41. The molecular weight excluding hydrogens is 347 g/mol. The van der Waals surface area contributed by atoms with Crippen molar-refractivity contribution in [3.8, 4) is 0 Å². The van der Waals surface area contributed by atoms with Crippen molar-refractivity contribution in [2.75, 3.05) is 18.5 Å². The van der Waals surface area contributed by atoms with Gasteiger partial charge >= 0.3 is 0 Å². The summed E-state index contributed by atoms with van der Waals surface area (Å²) in [5, 5.41) is 3.25. The normalized spacial score (nSPS) is 24.2. The van der Waals surface area contributed by atoms with E-state index >= 15 is 0 Å². The Hall–Kier alpha value is -2.42. The number of fused-ring (bicyclic) bond motifs is 1. The molecule has 1 aromatic carbocycles. The number of anilines is 1. The fraction of sp³-hybridized carbons (Fsp3) is 0.400. The molecule has 1 N–H and O–H groups in total. The van der Waals surface area contributed by atoms with Crippen LogP contribution >= 0.6 is 0 Å². The Morgan fingerprint density at radius 1 is 1.18 bits per heavy atom. The van der Waals surface area contributed by atoms with E-state index in [2.05, 4.69) is 60.5 Å². The van der Waals surface area contributed by atoms with E-state index in [1.807, 2.05) is 0 Å². The summed E-state index contributed by atoms with van der Waals surface area (Å²) in [4.78, 5) is 5.13. The van der Waals surface area contributed by atoms with Crippen molar-refractivity contribution in [2.45, 2.75) is 44.6 Å². The smallest absolute Gasteiger partial charge is 0.0911 e. The minimum atomic E-state index is -0.280. The van der Waals surface area contributed by atoms with Crippen molar-refractivity contribution in [3.05, 3.63) is 77.4 Å². The number of hydrogen-bond acceptors (Lipinski definition) is 2. The summed E-state index contributed by atoms with van der Waals surface area (Å²) in [6.45, 7) is 4.70. The number of dihydropyridines is 1. The highest BCUT2D eigenvalue weighted by Gasteiger charge is 2.27. The lowest BCUT2D eigenvalue weighted by molar-refractivity contribution is 0.444. The van der Waals surface area contributed by atoms with Crippen molar-refractivity contribution in [1.29, 1.82) is 0 Å². The van der Waals surface area contributed by atoms with Crippen LogP contribution in [0.25, 0.3) is 0 Å². The van der Waals surface area contributed by atoms with Crippen LogP contribution in [0.5, 0.6) is 0 Å². The Bertz CT molecular complexity index is 842. The Morgan fingerprint density at radius 3 is 2.86 bits per heavy atom. The van der Waals surface area contributed by atoms with Gasteiger partial charge in [0.15, 0.2) is 0 Å². The molecule has 0 spiro atoms. The molecule has 4 rings (SSSR count). The van der Waals surface area contributed by atoms with Gasteiger partial charge in [0.1, 0.15) is 0 Å². The molecule has 0 radical (unpaired) electrons. The predicted molar refractivity (Wildman–Crippen MR) is 117 cm³/mol. The fourth-order valence-electron chi connectivity index (χ4n) is 4.41. The molecule has 0 amide bonds. The molecule has 2 aliphatic carbocycles. The zero-order chi connectivity index (χ0) is 19.3. The van der Waals surface area contributed by atoms with Crippen molar-refractivity contribution in [1.82, 2.24) is 0 Å². The van der Waals surface area contributed by atoms with Gasteiger partial charge in [0.2, 0.25) is 0 Å². The molecular formula is C25H29FN2. The van der Waals surface area contributed by atoms with Gasteiger partial charge in [0.05, 0.1) is 18.4 Å². The molecule has 1 heterocycles. The summed E-state index contributed by atoms with van der Waals surface area (Å²) in [6.07, 6.45) is 15.2. The topological polar surface area (TPSA) is 24.4 Å². The first-order chi connectivity index (χ1) is 13.7. The van der Waals surface area contributed by atoms with E-state index in [1.165, 1.54) is 23.1 Å². The summed E-state index contributed by atoms with van der Waals surface area (Å²) >= 11 is 0. The second-order valence-electron chi connectivity index (χ2n) is 7.96. The zero-order valence-corrected chi connectivity index (χ0v) is 16.5. The quantitative estimate of drug-likeness (QED) is 0.609. The van der Waals surface area contributed by atoms with Crippen LogP contribution in [0.2, 0.25) is 0 Å². The average molecular weight is 377 g/mol. The number of allylic oxidation sites excluding steroid dienone is 6. The van der Waals surface area contributed by atoms with Gasteiger partial charge in [0.25, 0.3) is 0 Å². The lowest BCUT2D eigenvalue weighted by atomic mass is 9.78. The minimum Gasteiger partial charge on any atom is -0.385 e. The number of nitrogens with zero attached hydrogens (tertiary/aromatic N) is 1. The maximum absolute atomic E-state index is 12.2. The maximum Gasteiger partial charge on any atom is 0.0911 e. The molecule has 0 saturated carbocycles. The van der Waals surface area contributed by atoms with Crippen LogP contribution in [0.4, 0.5) is 10.1 Å². The van der Waals surface area contributed by atoms with E-state index in [4.69, 9.17) is 4.99 Å². The zero-order valence-electron chi connectivity index (χ0n) is 16.5. The van der Waals surface area contributed by atoms with Gasteiger partial charge < -0.3 is 5.32 Å². The van der Waals surface area contributed by atoms with Gasteiger partial charge in [-0.2, -0.15) is 0 Å². The highest BCUT2D eigenvalue weighted by molar-refractivity contribution is 6.09. The van der Waals surface area contributed by atoms with Crippen molar-refractivity contribution in [2.24, 2.45) is 10.9 Å². The standard InChI is InChI=1S/C25H29FN2/c1-18-5-2-6-19-7-3-8-24-21(17-23(18)19)11-14-25(28-24)20-9-12-22(13-10-20)27-16-4-15-26/h2,6,9-14,21,24,27H,1,3-5,7-8,15-17H2. The van der Waals surface area contributed by atoms with E-state index in [-0.39, 0.29) is 6.67 Å². The largest absolute Gasteiger partial charge is 0.385 e. The summed E-state index contributed by atoms with van der Waals surface area (Å²) < 4.78 is 12.2. The molecule has 1 aromatic rings. The molecule has 2 nitrogen and oxygen atoms in total. The van der Waals surface area contributed by atoms with Crippen molar-refractivity contribution in [3.63, 3.8) is 0 Å². The highest BCUT2D eigenvalue weighted by atomic mass is 19.1. The Morgan fingerprint density at radius 2 is 2.04 bits per heavy atom. The van der Waals surface area contributed by atoms with Crippen molar-refractivity contribution >= 4 is 11.4 Å². The number of aliphatic imine (C=N–C) groups is 1. The molecule has 2 unspecified atom stereocenters. The first-order valence-electron chi connectivity index (χ1n) is 10.5. The van der Waals surface area contributed by atoms with E-state index < -0.39 is 0 Å². The number of nitrogens with one attached hydrogen (secondary N) is 1. The summed E-state index contributed by atoms with van der Waals surface area (Å²) in [7, 11) is 0. The van der Waals surface area contributed by atoms with Gasteiger partial charge in [0, 0.05) is 18.2 Å². The lowest BCUT2D eigenvalue weighted by Gasteiger charge is -2.31. The van der Waals surface area contributed by atoms with Crippen LogP contribution in [0.1, 0.15) is 44.1 Å². The molecule has 2 atom stereocenters. The van der Waals surface area contributed by atoms with Crippen molar-refractivity contribution < 1.29 is 4.39 Å². The van der Waals surface area contributed by atoms with Crippen LogP contribution in [-0.4, -0.2) is 25.0 Å². The van der Waals surface area contributed by atoms with Gasteiger partial charge in [-0.25, -0.2) is 0 Å². The molecule has 28 heavy (non-hydrogen) atoms. The van der Waals surface area contributed by atoms with Crippen LogP contribution in [0, 0.1) is 5.92 Å². The third kappa shape index (κ3) is 4.19. The average Bonchev–Trinajstić information content (AvgIpc) is 2.70. The minimum absolute atomic E-state index is 0.280. The Labute approximate surface area is 167 Å². The highest BCUT2D eigenvalue weighted by Crippen LogP contribution is 2.38. The second kappa shape index (κ2) is 8.72. The monoisotopic (exact) mass is 376 g/mol. The third-order valence-corrected chi connectivity index (χ3v) is 6.00. The Kier molecular flexibility index (Phi) is 5.90. The van der Waals surface area contributed by atoms with Crippen LogP contribution in [0.3, 0.4) is 0 Å². The van der Waals surface area contributed by atoms with Gasteiger partial charge in [-0.1, -0.05) is 36.9 Å². The predicted octanol–water partition coefficient (Wildman–Crippen LogP) is 6.19. The van der Waals surface area contributed by atoms with Gasteiger partial charge in [-0.3, -0.25) is 9.38 Å². The third-order valence-electron chi connectivity index (χ3n) is 6.00. The lowest BCUT2D eigenvalue weighted by Crippen LogP contribution is -2.25. The molecule has 0 aromatic heterocycles. The maximum atomic E-state index is 12.2. The number of rotatable bonds is 5. The molecule has 1 aliphatic heterocycles. The Balaban J connectivity index is 1.48. The number of hydrogen-bond donors (Lipinski definition) is 1. The second-order valence-corrected chi connectivity index (χ2v) is 7.96. The molecule has 0 saturated heterocycles. The molecule has 0 bridgehead atoms. The first kappa shape index (κ1) is 18.9. The first-order valence-corrected chi connectivity index (χ1v) is 10.5. The van der Waals surface area contributed by atoms with E-state index in [1.54, 1.807) is 0 Å². The molecule has 146 valence electrons. The van der Waals surface area contributed by atoms with Gasteiger partial charge in [-0.05, 0) is 79.0 Å².